The van der Waals surface area contributed by atoms with E-state index in [1.807, 2.05) is 22.6 Å². The van der Waals surface area contributed by atoms with Gasteiger partial charge in [0.05, 0.1) is 16.4 Å². The molecule has 0 bridgehead atoms. The summed E-state index contributed by atoms with van der Waals surface area (Å²) in [6, 6.07) is 0. The smallest absolute Gasteiger partial charge is 0.374 e. The molecule has 0 saturated carbocycles. The summed E-state index contributed by atoms with van der Waals surface area (Å²) in [6.07, 6.45) is 0. The number of hydrogen-bond acceptors (Lipinski definition) is 4. The third-order valence-electron chi connectivity index (χ3n) is 1.41. The van der Waals surface area contributed by atoms with Gasteiger partial charge >= 0.3 is 5.97 Å². The van der Waals surface area contributed by atoms with E-state index >= 15 is 0 Å². The molecule has 1 rings (SSSR count). The molecule has 0 fully saturated rings. The highest BCUT2D eigenvalue weighted by molar-refractivity contribution is 14.1. The first-order valence-corrected chi connectivity index (χ1v) is 4.49. The van der Waals surface area contributed by atoms with E-state index in [4.69, 9.17) is 0 Å². The molecular weight excluding hydrogens is 287 g/mol. The molecule has 13 heavy (non-hydrogen) atoms. The first-order valence-electron chi connectivity index (χ1n) is 3.41. The molecule has 1 aromatic heterocycles. The Morgan fingerprint density at radius 2 is 2.23 bits per heavy atom. The van der Waals surface area contributed by atoms with Crippen molar-refractivity contribution >= 4 is 28.6 Å². The van der Waals surface area contributed by atoms with Crippen LogP contribution in [-0.2, 0) is 4.74 Å². The maximum atomic E-state index is 11.2. The van der Waals surface area contributed by atoms with E-state index in [0.29, 0.717) is 9.26 Å². The zero-order chi connectivity index (χ0) is 10.0. The number of methoxy groups -OCH3 is 1. The number of aromatic amines is 1. The van der Waals surface area contributed by atoms with Crippen molar-refractivity contribution in [2.24, 2.45) is 0 Å². The van der Waals surface area contributed by atoms with Gasteiger partial charge in [0.2, 0.25) is 5.82 Å². The van der Waals surface area contributed by atoms with Gasteiger partial charge in [0.25, 0.3) is 5.56 Å². The molecule has 0 aliphatic carbocycles. The van der Waals surface area contributed by atoms with Crippen molar-refractivity contribution in [3.63, 3.8) is 0 Å². The summed E-state index contributed by atoms with van der Waals surface area (Å²) in [4.78, 5) is 28.3. The van der Waals surface area contributed by atoms with E-state index < -0.39 is 5.97 Å². The van der Waals surface area contributed by atoms with Crippen LogP contribution in [0.2, 0.25) is 0 Å². The topological polar surface area (TPSA) is 72.0 Å². The number of nitrogens with zero attached hydrogens (tertiary/aromatic N) is 1. The van der Waals surface area contributed by atoms with Gasteiger partial charge in [0, 0.05) is 0 Å². The zero-order valence-electron chi connectivity index (χ0n) is 7.05. The molecule has 0 aliphatic heterocycles. The largest absolute Gasteiger partial charge is 0.463 e. The van der Waals surface area contributed by atoms with Crippen LogP contribution in [0.4, 0.5) is 0 Å². The van der Waals surface area contributed by atoms with E-state index in [0.717, 1.165) is 0 Å². The van der Waals surface area contributed by atoms with Gasteiger partial charge in [0.1, 0.15) is 0 Å². The number of carbonyl (C=O) groups is 1. The molecule has 70 valence electrons. The summed E-state index contributed by atoms with van der Waals surface area (Å²) < 4.78 is 4.89. The van der Waals surface area contributed by atoms with Crippen LogP contribution in [0.5, 0.6) is 0 Å². The maximum Gasteiger partial charge on any atom is 0.374 e. The van der Waals surface area contributed by atoms with E-state index in [1.165, 1.54) is 7.11 Å². The predicted octanol–water partition coefficient (Wildman–Crippen LogP) is 0.470. The molecule has 0 unspecified atom stereocenters. The van der Waals surface area contributed by atoms with Gasteiger partial charge in [-0.05, 0) is 29.5 Å². The summed E-state index contributed by atoms with van der Waals surface area (Å²) in [5.74, 6) is -0.706. The van der Waals surface area contributed by atoms with Gasteiger partial charge in [-0.15, -0.1) is 0 Å². The van der Waals surface area contributed by atoms with Gasteiger partial charge in [0.15, 0.2) is 0 Å². The second-order valence-electron chi connectivity index (χ2n) is 2.31. The van der Waals surface area contributed by atoms with Crippen molar-refractivity contribution in [1.29, 1.82) is 0 Å². The van der Waals surface area contributed by atoms with E-state index in [-0.39, 0.29) is 11.4 Å². The number of carbonyl (C=O) groups excluding carboxylic acids is 1. The highest BCUT2D eigenvalue weighted by atomic mass is 127. The zero-order valence-corrected chi connectivity index (χ0v) is 9.21. The minimum Gasteiger partial charge on any atom is -0.463 e. The lowest BCUT2D eigenvalue weighted by molar-refractivity contribution is 0.0586. The Morgan fingerprint density at radius 1 is 1.62 bits per heavy atom. The normalized spacial score (nSPS) is 9.77. The Labute approximate surface area is 87.7 Å². The molecule has 6 heteroatoms. The third-order valence-corrected chi connectivity index (χ3v) is 2.68. The van der Waals surface area contributed by atoms with Crippen LogP contribution in [0.15, 0.2) is 4.79 Å². The molecule has 0 aromatic carbocycles. The maximum absolute atomic E-state index is 11.2. The van der Waals surface area contributed by atoms with Crippen LogP contribution < -0.4 is 5.56 Å². The molecule has 0 saturated heterocycles. The monoisotopic (exact) mass is 294 g/mol. The van der Waals surface area contributed by atoms with Crippen LogP contribution in [0, 0.1) is 10.5 Å². The van der Waals surface area contributed by atoms with Crippen LogP contribution in [0.3, 0.4) is 0 Å². The number of nitrogens with one attached hydrogen (secondary N) is 1. The molecule has 1 aromatic rings. The number of rotatable bonds is 1. The highest BCUT2D eigenvalue weighted by Crippen LogP contribution is 2.02. The number of ether oxygens (including phenoxy) is 1. The van der Waals surface area contributed by atoms with Gasteiger partial charge in [-0.3, -0.25) is 9.78 Å². The number of esters is 1. The molecule has 1 heterocycles. The lowest BCUT2D eigenvalue weighted by Crippen LogP contribution is -2.20. The number of aryl methyl sites for hydroxylation is 1. The van der Waals surface area contributed by atoms with Crippen LogP contribution in [-0.4, -0.2) is 23.0 Å². The molecule has 0 atom stereocenters. The summed E-state index contributed by atoms with van der Waals surface area (Å²) in [7, 11) is 1.23. The molecule has 5 nitrogen and oxygen atoms in total. The Kier molecular flexibility index (Phi) is 3.02. The fourth-order valence-electron chi connectivity index (χ4n) is 0.765. The highest BCUT2D eigenvalue weighted by Gasteiger charge is 2.11. The Balaban J connectivity index is 3.29. The SMILES string of the molecule is COC(=O)c1nc(C)c(I)c(=O)[nH]1. The predicted molar refractivity (Wildman–Crippen MR) is 53.7 cm³/mol. The van der Waals surface area contributed by atoms with Crippen molar-refractivity contribution < 1.29 is 9.53 Å². The fraction of sp³-hybridized carbons (Fsp3) is 0.286. The van der Waals surface area contributed by atoms with Crippen LogP contribution >= 0.6 is 22.6 Å². The number of aromatic nitrogens is 2. The molecule has 0 spiro atoms. The number of halogens is 1. The van der Waals surface area contributed by atoms with Gasteiger partial charge < -0.3 is 4.74 Å². The van der Waals surface area contributed by atoms with Gasteiger partial charge in [-0.1, -0.05) is 0 Å². The average molecular weight is 294 g/mol. The van der Waals surface area contributed by atoms with Crippen LogP contribution in [0.25, 0.3) is 0 Å². The average Bonchev–Trinajstić information content (AvgIpc) is 2.12. The van der Waals surface area contributed by atoms with E-state index in [9.17, 15) is 9.59 Å². The summed E-state index contributed by atoms with van der Waals surface area (Å²) in [5.41, 5.74) is 0.193. The second-order valence-corrected chi connectivity index (χ2v) is 3.38. The Morgan fingerprint density at radius 3 is 2.69 bits per heavy atom. The summed E-state index contributed by atoms with van der Waals surface area (Å²) in [6.45, 7) is 1.66. The van der Waals surface area contributed by atoms with Crippen molar-refractivity contribution in [1.82, 2.24) is 9.97 Å². The first kappa shape index (κ1) is 10.2. The summed E-state index contributed by atoms with van der Waals surface area (Å²) in [5, 5.41) is 0. The Hall–Kier alpha value is -0.920. The number of H-pyrrole nitrogens is 1. The molecule has 1 N–H and O–H groups in total. The minimum absolute atomic E-state index is 0.0644. The molecule has 0 aliphatic rings. The van der Waals surface area contributed by atoms with Crippen molar-refractivity contribution in [2.75, 3.05) is 7.11 Å². The summed E-state index contributed by atoms with van der Waals surface area (Å²) >= 11 is 1.86. The van der Waals surface area contributed by atoms with E-state index in [2.05, 4.69) is 14.7 Å². The molecule has 0 radical (unpaired) electrons. The first-order chi connectivity index (χ1) is 6.06. The lowest BCUT2D eigenvalue weighted by atomic mass is 10.4. The van der Waals surface area contributed by atoms with E-state index in [1.54, 1.807) is 6.92 Å². The minimum atomic E-state index is -0.642. The van der Waals surface area contributed by atoms with Crippen molar-refractivity contribution in [2.45, 2.75) is 6.92 Å². The molecular formula is C7H7IN2O3. The lowest BCUT2D eigenvalue weighted by Gasteiger charge is -2.00. The quantitative estimate of drug-likeness (QED) is 0.603. The van der Waals surface area contributed by atoms with Crippen LogP contribution in [0.1, 0.15) is 16.3 Å². The standard InChI is InChI=1S/C7H7IN2O3/c1-3-4(8)6(11)10-5(9-3)7(12)13-2/h1-2H3,(H,9,10,11). The second kappa shape index (κ2) is 3.86. The Bertz CT molecular complexity index is 399. The number of hydrogen-bond donors (Lipinski definition) is 1. The molecule has 0 amide bonds. The third kappa shape index (κ3) is 2.06. The van der Waals surface area contributed by atoms with Gasteiger partial charge in [-0.25, -0.2) is 9.78 Å². The van der Waals surface area contributed by atoms with Crippen molar-refractivity contribution in [3.05, 3.63) is 25.4 Å². The van der Waals surface area contributed by atoms with Gasteiger partial charge in [-0.2, -0.15) is 0 Å². The van der Waals surface area contributed by atoms with Crippen molar-refractivity contribution in [3.8, 4) is 0 Å². The fourth-order valence-corrected chi connectivity index (χ4v) is 1.02.